The van der Waals surface area contributed by atoms with Gasteiger partial charge in [0.25, 0.3) is 5.91 Å². The highest BCUT2D eigenvalue weighted by molar-refractivity contribution is 6.19. The quantitative estimate of drug-likeness (QED) is 0.836. The van der Waals surface area contributed by atoms with Crippen LogP contribution in [-0.2, 0) is 11.3 Å². The van der Waals surface area contributed by atoms with Crippen molar-refractivity contribution in [2.75, 3.05) is 14.1 Å². The highest BCUT2D eigenvalue weighted by atomic mass is 16.5. The summed E-state index contributed by atoms with van der Waals surface area (Å²) in [5.74, 6) is -0.239. The number of aliphatic imine (C=N–C) groups is 1. The summed E-state index contributed by atoms with van der Waals surface area (Å²) in [6, 6.07) is 18.1. The first-order chi connectivity index (χ1) is 13.0. The summed E-state index contributed by atoms with van der Waals surface area (Å²) in [6.45, 7) is 0.172. The van der Waals surface area contributed by atoms with Crippen molar-refractivity contribution in [2.45, 2.75) is 6.54 Å². The van der Waals surface area contributed by atoms with Gasteiger partial charge in [0.2, 0.25) is 0 Å². The molecule has 0 aromatic heterocycles. The smallest absolute Gasteiger partial charge is 0.331 e. The fourth-order valence-corrected chi connectivity index (χ4v) is 2.74. The van der Waals surface area contributed by atoms with Gasteiger partial charge in [-0.15, -0.1) is 0 Å². The van der Waals surface area contributed by atoms with E-state index in [1.165, 1.54) is 19.0 Å². The molecule has 3 rings (SSSR count). The van der Waals surface area contributed by atoms with Crippen molar-refractivity contribution in [3.63, 3.8) is 0 Å². The van der Waals surface area contributed by atoms with Gasteiger partial charge in [0.1, 0.15) is 17.3 Å². The molecule has 0 bridgehead atoms. The molecule has 7 nitrogen and oxygen atoms in total. The molecule has 2 aromatic rings. The van der Waals surface area contributed by atoms with Crippen molar-refractivity contribution in [2.24, 2.45) is 10.9 Å². The highest BCUT2D eigenvalue weighted by Gasteiger charge is 2.40. The van der Waals surface area contributed by atoms with E-state index in [4.69, 9.17) is 4.74 Å². The molecule has 1 aliphatic rings. The number of benzene rings is 2. The van der Waals surface area contributed by atoms with Gasteiger partial charge in [0.15, 0.2) is 5.92 Å². The molecule has 3 amide bonds. The summed E-state index contributed by atoms with van der Waals surface area (Å²) in [5, 5.41) is 9.36. The Balaban J connectivity index is 1.88. The summed E-state index contributed by atoms with van der Waals surface area (Å²) >= 11 is 0. The molecule has 2 aromatic carbocycles. The second-order valence-electron chi connectivity index (χ2n) is 6.00. The molecule has 1 fully saturated rings. The third-order valence-corrected chi connectivity index (χ3v) is 4.24. The topological polar surface area (TPSA) is 86.0 Å². The van der Waals surface area contributed by atoms with Crippen LogP contribution in [0.15, 0.2) is 59.6 Å². The second kappa shape index (κ2) is 7.70. The van der Waals surface area contributed by atoms with Crippen molar-refractivity contribution in [1.82, 2.24) is 9.80 Å². The number of nitriles is 1. The first-order valence-corrected chi connectivity index (χ1v) is 8.33. The minimum atomic E-state index is -1.11. The van der Waals surface area contributed by atoms with Crippen molar-refractivity contribution >= 4 is 17.8 Å². The van der Waals surface area contributed by atoms with Gasteiger partial charge in [-0.3, -0.25) is 19.6 Å². The molecule has 0 aliphatic carbocycles. The molecule has 1 saturated heterocycles. The lowest BCUT2D eigenvalue weighted by molar-refractivity contribution is -0.129. The van der Waals surface area contributed by atoms with Gasteiger partial charge in [0.05, 0.1) is 12.6 Å². The van der Waals surface area contributed by atoms with E-state index in [-0.39, 0.29) is 12.4 Å². The Hall–Kier alpha value is -3.66. The van der Waals surface area contributed by atoms with Crippen LogP contribution in [0.2, 0.25) is 0 Å². The van der Waals surface area contributed by atoms with Crippen LogP contribution >= 0.6 is 0 Å². The number of carbonyl (C=O) groups excluding carboxylic acids is 2. The van der Waals surface area contributed by atoms with Crippen molar-refractivity contribution in [3.05, 3.63) is 60.2 Å². The number of rotatable bonds is 4. The van der Waals surface area contributed by atoms with E-state index in [2.05, 4.69) is 4.99 Å². The van der Waals surface area contributed by atoms with E-state index in [1.807, 2.05) is 60.7 Å². The SMILES string of the molecule is CN1C(=O)C(C#N)C(=NCc2ccccc2Oc2ccccc2)N(C)C1=O. The predicted molar refractivity (Wildman–Crippen MR) is 99.1 cm³/mol. The molecular formula is C20H18N4O3. The molecule has 0 radical (unpaired) electrons. The van der Waals surface area contributed by atoms with Crippen LogP contribution in [0.1, 0.15) is 5.56 Å². The van der Waals surface area contributed by atoms with Crippen molar-refractivity contribution in [1.29, 1.82) is 5.26 Å². The van der Waals surface area contributed by atoms with Gasteiger partial charge in [-0.2, -0.15) is 5.26 Å². The zero-order valence-electron chi connectivity index (χ0n) is 15.0. The number of amides is 3. The summed E-state index contributed by atoms with van der Waals surface area (Å²) < 4.78 is 5.90. The van der Waals surface area contributed by atoms with Crippen LogP contribution in [0, 0.1) is 17.2 Å². The van der Waals surface area contributed by atoms with Crippen LogP contribution in [-0.4, -0.2) is 41.7 Å². The molecule has 27 heavy (non-hydrogen) atoms. The van der Waals surface area contributed by atoms with E-state index >= 15 is 0 Å². The molecule has 0 N–H and O–H groups in total. The number of para-hydroxylation sites is 2. The van der Waals surface area contributed by atoms with Gasteiger partial charge in [-0.1, -0.05) is 36.4 Å². The highest BCUT2D eigenvalue weighted by Crippen LogP contribution is 2.26. The predicted octanol–water partition coefficient (Wildman–Crippen LogP) is 3.04. The lowest BCUT2D eigenvalue weighted by Crippen LogP contribution is -2.56. The number of imide groups is 1. The number of amidine groups is 1. The summed E-state index contributed by atoms with van der Waals surface area (Å²) in [4.78, 5) is 30.9. The molecule has 1 unspecified atom stereocenters. The maximum atomic E-state index is 12.2. The molecule has 0 spiro atoms. The second-order valence-corrected chi connectivity index (χ2v) is 6.00. The normalized spacial score (nSPS) is 18.6. The van der Waals surface area contributed by atoms with Gasteiger partial charge >= 0.3 is 6.03 Å². The molecule has 0 saturated carbocycles. The Morgan fingerprint density at radius 3 is 2.41 bits per heavy atom. The zero-order valence-corrected chi connectivity index (χ0v) is 15.0. The van der Waals surface area contributed by atoms with E-state index in [1.54, 1.807) is 0 Å². The lowest BCUT2D eigenvalue weighted by atomic mass is 10.1. The van der Waals surface area contributed by atoms with Gasteiger partial charge < -0.3 is 4.74 Å². The first-order valence-electron chi connectivity index (χ1n) is 8.33. The van der Waals surface area contributed by atoms with E-state index in [0.717, 1.165) is 10.5 Å². The minimum Gasteiger partial charge on any atom is -0.457 e. The molecule has 1 atom stereocenters. The Morgan fingerprint density at radius 2 is 1.70 bits per heavy atom. The maximum absolute atomic E-state index is 12.2. The average Bonchev–Trinajstić information content (AvgIpc) is 2.70. The molecule has 7 heteroatoms. The molecule has 1 heterocycles. The number of hydrogen-bond acceptors (Lipinski definition) is 5. The van der Waals surface area contributed by atoms with Crippen LogP contribution in [0.4, 0.5) is 4.79 Å². The Morgan fingerprint density at radius 1 is 1.04 bits per heavy atom. The number of carbonyl (C=O) groups is 2. The van der Waals surface area contributed by atoms with Crippen LogP contribution in [0.25, 0.3) is 0 Å². The van der Waals surface area contributed by atoms with Gasteiger partial charge in [-0.05, 0) is 18.2 Å². The Kier molecular flexibility index (Phi) is 5.18. The Bertz CT molecular complexity index is 934. The summed E-state index contributed by atoms with van der Waals surface area (Å²) in [5.41, 5.74) is 0.776. The van der Waals surface area contributed by atoms with Crippen molar-refractivity contribution < 1.29 is 14.3 Å². The van der Waals surface area contributed by atoms with Gasteiger partial charge in [0, 0.05) is 19.7 Å². The van der Waals surface area contributed by atoms with Crippen LogP contribution in [0.3, 0.4) is 0 Å². The number of hydrogen-bond donors (Lipinski definition) is 0. The maximum Gasteiger partial charge on any atom is 0.331 e. The van der Waals surface area contributed by atoms with Crippen LogP contribution < -0.4 is 4.74 Å². The fraction of sp³-hybridized carbons (Fsp3) is 0.200. The number of urea groups is 1. The largest absolute Gasteiger partial charge is 0.457 e. The summed E-state index contributed by atoms with van der Waals surface area (Å²) in [6.07, 6.45) is 0. The fourth-order valence-electron chi connectivity index (χ4n) is 2.74. The third kappa shape index (κ3) is 3.65. The summed E-state index contributed by atoms with van der Waals surface area (Å²) in [7, 11) is 2.85. The van der Waals surface area contributed by atoms with Gasteiger partial charge in [-0.25, -0.2) is 4.79 Å². The lowest BCUT2D eigenvalue weighted by Gasteiger charge is -2.32. The number of ether oxygens (including phenoxy) is 1. The Labute approximate surface area is 157 Å². The molecule has 1 aliphatic heterocycles. The third-order valence-electron chi connectivity index (χ3n) is 4.24. The van der Waals surface area contributed by atoms with Crippen LogP contribution in [0.5, 0.6) is 11.5 Å². The minimum absolute atomic E-state index is 0.139. The van der Waals surface area contributed by atoms with Crippen molar-refractivity contribution in [3.8, 4) is 17.6 Å². The monoisotopic (exact) mass is 362 g/mol. The number of nitrogens with zero attached hydrogens (tertiary/aromatic N) is 4. The van der Waals surface area contributed by atoms with E-state index in [0.29, 0.717) is 11.5 Å². The molecular weight excluding hydrogens is 344 g/mol. The zero-order chi connectivity index (χ0) is 19.4. The average molecular weight is 362 g/mol. The first kappa shape index (κ1) is 18.1. The van der Waals surface area contributed by atoms with E-state index < -0.39 is 17.9 Å². The van der Waals surface area contributed by atoms with E-state index in [9.17, 15) is 14.9 Å². The molecule has 136 valence electrons. The standard InChI is InChI=1S/C20H18N4O3/c1-23-18(16(12-21)19(25)24(2)20(23)26)22-13-14-8-6-7-11-17(14)27-15-9-4-3-5-10-15/h3-11,16H,13H2,1-2H3.